The minimum atomic E-state index is -0.396. The molecule has 176 valence electrons. The molecule has 35 heavy (non-hydrogen) atoms. The second-order valence-corrected chi connectivity index (χ2v) is 8.35. The Balaban J connectivity index is 1.53. The number of tetrazole rings is 1. The third kappa shape index (κ3) is 3.99. The largest absolute Gasteiger partial charge is 0.330 e. The molecule has 0 fully saturated rings. The molecule has 0 aliphatic carbocycles. The van der Waals surface area contributed by atoms with E-state index in [1.165, 1.54) is 11.1 Å². The Kier molecular flexibility index (Phi) is 5.69. The van der Waals surface area contributed by atoms with E-state index in [1.807, 2.05) is 60.0 Å². The Morgan fingerprint density at radius 1 is 1.03 bits per heavy atom. The number of H-pyrrole nitrogens is 1. The fourth-order valence-corrected chi connectivity index (χ4v) is 4.17. The molecule has 0 radical (unpaired) electrons. The molecule has 5 rings (SSSR count). The van der Waals surface area contributed by atoms with Gasteiger partial charge in [0.05, 0.1) is 5.52 Å². The van der Waals surface area contributed by atoms with Gasteiger partial charge in [-0.05, 0) is 28.0 Å². The molecule has 0 saturated heterocycles. The van der Waals surface area contributed by atoms with Gasteiger partial charge >= 0.3 is 6.03 Å². The summed E-state index contributed by atoms with van der Waals surface area (Å²) in [5.41, 5.74) is 4.53. The molecule has 2 aromatic carbocycles. The quantitative estimate of drug-likeness (QED) is 0.424. The van der Waals surface area contributed by atoms with Gasteiger partial charge in [-0.1, -0.05) is 55.5 Å². The van der Waals surface area contributed by atoms with Crippen LogP contribution in [0.15, 0.2) is 65.6 Å². The van der Waals surface area contributed by atoms with Gasteiger partial charge in [0.25, 0.3) is 5.56 Å². The molecule has 0 aliphatic rings. The number of carbonyl (C=O) groups is 1. The van der Waals surface area contributed by atoms with E-state index in [2.05, 4.69) is 25.6 Å². The number of aromatic amines is 1. The highest BCUT2D eigenvalue weighted by atomic mass is 16.2. The van der Waals surface area contributed by atoms with Crippen LogP contribution in [0, 0.1) is 0 Å². The molecular weight excluding hydrogens is 444 g/mol. The molecule has 3 heterocycles. The van der Waals surface area contributed by atoms with Gasteiger partial charge in [0.15, 0.2) is 0 Å². The summed E-state index contributed by atoms with van der Waals surface area (Å²) in [5, 5.41) is 14.4. The smallest absolute Gasteiger partial charge is 0.330 e. The number of pyridine rings is 1. The first-order valence-corrected chi connectivity index (χ1v) is 11.2. The Morgan fingerprint density at radius 3 is 2.43 bits per heavy atom. The second-order valence-electron chi connectivity index (χ2n) is 8.35. The molecule has 0 saturated carbocycles. The number of hydrogen-bond donors (Lipinski definition) is 1. The number of rotatable bonds is 5. The predicted octanol–water partition coefficient (Wildman–Crippen LogP) is 3.19. The molecule has 0 atom stereocenters. The molecule has 0 bridgehead atoms. The molecule has 0 spiro atoms. The van der Waals surface area contributed by atoms with Gasteiger partial charge in [0, 0.05) is 38.8 Å². The van der Waals surface area contributed by atoms with Gasteiger partial charge in [0.2, 0.25) is 5.82 Å². The standard InChI is InChI=1S/C25H24N8O2/c1-4-21-26-20-13-14-32(25(35)31(2)3)24(34)22(20)33(21)15-16-9-11-17(12-10-16)18-7-5-6-8-19(18)23-27-29-30-28-23/h5-14H,4,15H2,1-3H3,(H,27,28,29,30). The maximum Gasteiger partial charge on any atom is 0.330 e. The third-order valence-corrected chi connectivity index (χ3v) is 5.90. The average molecular weight is 469 g/mol. The lowest BCUT2D eigenvalue weighted by atomic mass is 9.98. The number of aromatic nitrogens is 7. The van der Waals surface area contributed by atoms with Crippen molar-refractivity contribution in [1.82, 2.24) is 39.6 Å². The summed E-state index contributed by atoms with van der Waals surface area (Å²) in [6.45, 7) is 2.46. The van der Waals surface area contributed by atoms with Crippen LogP contribution in [-0.2, 0) is 13.0 Å². The molecule has 0 unspecified atom stereocenters. The van der Waals surface area contributed by atoms with Crippen molar-refractivity contribution in [2.45, 2.75) is 19.9 Å². The Labute approximate surface area is 200 Å². The molecule has 1 N–H and O–H groups in total. The van der Waals surface area contributed by atoms with E-state index in [-0.39, 0.29) is 5.56 Å². The minimum Gasteiger partial charge on any atom is -0.330 e. The van der Waals surface area contributed by atoms with Crippen LogP contribution in [-0.4, -0.2) is 59.8 Å². The number of amides is 1. The predicted molar refractivity (Wildman–Crippen MR) is 132 cm³/mol. The van der Waals surface area contributed by atoms with Crippen LogP contribution in [0.4, 0.5) is 4.79 Å². The summed E-state index contributed by atoms with van der Waals surface area (Å²) >= 11 is 0. The van der Waals surface area contributed by atoms with Crippen LogP contribution >= 0.6 is 0 Å². The zero-order valence-corrected chi connectivity index (χ0v) is 19.6. The summed E-state index contributed by atoms with van der Waals surface area (Å²) in [6.07, 6.45) is 2.14. The van der Waals surface area contributed by atoms with E-state index < -0.39 is 6.03 Å². The first-order chi connectivity index (χ1) is 17.0. The van der Waals surface area contributed by atoms with E-state index >= 15 is 0 Å². The summed E-state index contributed by atoms with van der Waals surface area (Å²) in [4.78, 5) is 31.7. The van der Waals surface area contributed by atoms with Crippen LogP contribution in [0.3, 0.4) is 0 Å². The van der Waals surface area contributed by atoms with Crippen molar-refractivity contribution in [3.8, 4) is 22.5 Å². The van der Waals surface area contributed by atoms with Crippen molar-refractivity contribution in [2.24, 2.45) is 0 Å². The van der Waals surface area contributed by atoms with Crippen LogP contribution in [0.2, 0.25) is 0 Å². The number of hydrogen-bond acceptors (Lipinski definition) is 6. The van der Waals surface area contributed by atoms with E-state index in [0.29, 0.717) is 29.8 Å². The zero-order valence-electron chi connectivity index (χ0n) is 19.6. The number of carbonyl (C=O) groups excluding carboxylic acids is 1. The van der Waals surface area contributed by atoms with Crippen molar-refractivity contribution in [3.05, 3.63) is 82.5 Å². The summed E-state index contributed by atoms with van der Waals surface area (Å²) in [7, 11) is 3.23. The van der Waals surface area contributed by atoms with Gasteiger partial charge in [-0.25, -0.2) is 14.3 Å². The summed E-state index contributed by atoms with van der Waals surface area (Å²) in [5.74, 6) is 1.32. The van der Waals surface area contributed by atoms with Crippen molar-refractivity contribution in [1.29, 1.82) is 0 Å². The third-order valence-electron chi connectivity index (χ3n) is 5.90. The van der Waals surface area contributed by atoms with E-state index in [4.69, 9.17) is 0 Å². The van der Waals surface area contributed by atoms with E-state index in [0.717, 1.165) is 32.6 Å². The van der Waals surface area contributed by atoms with Gasteiger partial charge < -0.3 is 9.47 Å². The molecule has 1 amide bonds. The van der Waals surface area contributed by atoms with Gasteiger partial charge in [-0.2, -0.15) is 5.21 Å². The normalized spacial score (nSPS) is 11.2. The number of nitrogens with zero attached hydrogens (tertiary/aromatic N) is 7. The van der Waals surface area contributed by atoms with Crippen molar-refractivity contribution >= 4 is 17.1 Å². The Morgan fingerprint density at radius 2 is 1.77 bits per heavy atom. The van der Waals surface area contributed by atoms with Crippen LogP contribution in [0.1, 0.15) is 18.3 Å². The van der Waals surface area contributed by atoms with Crippen LogP contribution in [0.25, 0.3) is 33.5 Å². The first-order valence-electron chi connectivity index (χ1n) is 11.2. The van der Waals surface area contributed by atoms with Gasteiger partial charge in [-0.15, -0.1) is 10.2 Å². The first kappa shape index (κ1) is 22.2. The SMILES string of the molecule is CCc1nc2ccn(C(=O)N(C)C)c(=O)c2n1Cc1ccc(-c2ccccc2-c2nn[nH]n2)cc1. The van der Waals surface area contributed by atoms with E-state index in [1.54, 1.807) is 20.2 Å². The lowest BCUT2D eigenvalue weighted by Gasteiger charge is -2.13. The Bertz CT molecular complexity index is 1560. The molecule has 0 aliphatic heterocycles. The maximum atomic E-state index is 13.2. The number of aryl methyl sites for hydroxylation is 1. The van der Waals surface area contributed by atoms with Gasteiger partial charge in [0.1, 0.15) is 11.3 Å². The second kappa shape index (κ2) is 8.98. The minimum absolute atomic E-state index is 0.376. The molecule has 5 aromatic rings. The average Bonchev–Trinajstić information content (AvgIpc) is 3.53. The molecule has 10 nitrogen and oxygen atoms in total. The summed E-state index contributed by atoms with van der Waals surface area (Å²) in [6, 6.07) is 17.3. The van der Waals surface area contributed by atoms with Crippen molar-refractivity contribution in [2.75, 3.05) is 14.1 Å². The topological polar surface area (TPSA) is 115 Å². The monoisotopic (exact) mass is 468 g/mol. The lowest BCUT2D eigenvalue weighted by molar-refractivity contribution is 0.218. The van der Waals surface area contributed by atoms with E-state index in [9.17, 15) is 9.59 Å². The molecular formula is C25H24N8O2. The maximum absolute atomic E-state index is 13.2. The molecule has 10 heteroatoms. The number of benzene rings is 2. The zero-order chi connectivity index (χ0) is 24.5. The van der Waals surface area contributed by atoms with Crippen molar-refractivity contribution < 1.29 is 4.79 Å². The number of nitrogens with one attached hydrogen (secondary N) is 1. The Hall–Kier alpha value is -4.60. The fraction of sp³-hybridized carbons (Fsp3) is 0.200. The highest BCUT2D eigenvalue weighted by molar-refractivity contribution is 5.82. The highest BCUT2D eigenvalue weighted by Crippen LogP contribution is 2.30. The fourth-order valence-electron chi connectivity index (χ4n) is 4.17. The number of imidazole rings is 1. The molecule has 3 aromatic heterocycles. The van der Waals surface area contributed by atoms with Crippen LogP contribution < -0.4 is 5.56 Å². The van der Waals surface area contributed by atoms with Gasteiger partial charge in [-0.3, -0.25) is 4.79 Å². The lowest BCUT2D eigenvalue weighted by Crippen LogP contribution is -2.35. The highest BCUT2D eigenvalue weighted by Gasteiger charge is 2.18. The number of fused-ring (bicyclic) bond motifs is 1. The van der Waals surface area contributed by atoms with Crippen LogP contribution in [0.5, 0.6) is 0 Å². The van der Waals surface area contributed by atoms with Crippen molar-refractivity contribution in [3.63, 3.8) is 0 Å². The summed E-state index contributed by atoms with van der Waals surface area (Å²) < 4.78 is 3.03.